The molecule has 1 aliphatic rings. The normalized spacial score (nSPS) is 26.8. The molecule has 84 valence electrons. The molecular formula is C12H21N3. The molecule has 0 unspecified atom stereocenters. The molecule has 0 atom stereocenters. The van der Waals surface area contributed by atoms with Crippen LogP contribution < -0.4 is 5.32 Å². The van der Waals surface area contributed by atoms with Gasteiger partial charge in [0.15, 0.2) is 0 Å². The molecule has 1 heterocycles. The van der Waals surface area contributed by atoms with E-state index in [0.29, 0.717) is 5.92 Å². The molecule has 0 radical (unpaired) electrons. The quantitative estimate of drug-likeness (QED) is 0.799. The van der Waals surface area contributed by atoms with Gasteiger partial charge in [-0.1, -0.05) is 19.8 Å². The molecule has 2 rings (SSSR count). The van der Waals surface area contributed by atoms with Crippen molar-refractivity contribution >= 4 is 0 Å². The average molecular weight is 207 g/mol. The first-order chi connectivity index (χ1) is 7.29. The van der Waals surface area contributed by atoms with Gasteiger partial charge >= 0.3 is 0 Å². The van der Waals surface area contributed by atoms with Gasteiger partial charge in [0.05, 0.1) is 0 Å². The summed E-state index contributed by atoms with van der Waals surface area (Å²) in [6.07, 6.45) is 7.27. The number of aromatic nitrogens is 2. The SMILES string of the molecule is CNCc1cnc(C2CCC(C)CC2)[nH]1. The van der Waals surface area contributed by atoms with Crippen LogP contribution in [-0.4, -0.2) is 17.0 Å². The van der Waals surface area contributed by atoms with E-state index in [2.05, 4.69) is 22.2 Å². The van der Waals surface area contributed by atoms with Crippen molar-refractivity contribution in [2.24, 2.45) is 5.92 Å². The number of hydrogen-bond donors (Lipinski definition) is 2. The number of rotatable bonds is 3. The molecule has 3 heteroatoms. The third-order valence-corrected chi connectivity index (χ3v) is 3.42. The van der Waals surface area contributed by atoms with Gasteiger partial charge in [0, 0.05) is 24.4 Å². The maximum Gasteiger partial charge on any atom is 0.109 e. The first-order valence-corrected chi connectivity index (χ1v) is 5.98. The fourth-order valence-electron chi connectivity index (χ4n) is 2.40. The Morgan fingerprint density at radius 2 is 2.13 bits per heavy atom. The number of hydrogen-bond acceptors (Lipinski definition) is 2. The van der Waals surface area contributed by atoms with E-state index in [1.807, 2.05) is 13.2 Å². The summed E-state index contributed by atoms with van der Waals surface area (Å²) in [6, 6.07) is 0. The lowest BCUT2D eigenvalue weighted by molar-refractivity contribution is 0.340. The van der Waals surface area contributed by atoms with Crippen molar-refractivity contribution < 1.29 is 0 Å². The minimum atomic E-state index is 0.673. The fraction of sp³-hybridized carbons (Fsp3) is 0.750. The molecule has 15 heavy (non-hydrogen) atoms. The lowest BCUT2D eigenvalue weighted by atomic mass is 9.83. The second-order valence-corrected chi connectivity index (χ2v) is 4.78. The van der Waals surface area contributed by atoms with Crippen LogP contribution in [0.3, 0.4) is 0 Å². The van der Waals surface area contributed by atoms with Crippen LogP contribution >= 0.6 is 0 Å². The molecule has 0 saturated heterocycles. The van der Waals surface area contributed by atoms with Crippen LogP contribution in [0.5, 0.6) is 0 Å². The highest BCUT2D eigenvalue weighted by molar-refractivity contribution is 5.06. The zero-order valence-corrected chi connectivity index (χ0v) is 9.71. The summed E-state index contributed by atoms with van der Waals surface area (Å²) in [6.45, 7) is 3.24. The summed E-state index contributed by atoms with van der Waals surface area (Å²) >= 11 is 0. The zero-order valence-electron chi connectivity index (χ0n) is 9.71. The van der Waals surface area contributed by atoms with Crippen molar-refractivity contribution in [3.05, 3.63) is 17.7 Å². The van der Waals surface area contributed by atoms with Gasteiger partial charge in [-0.15, -0.1) is 0 Å². The first kappa shape index (κ1) is 10.7. The molecule has 3 nitrogen and oxygen atoms in total. The highest BCUT2D eigenvalue weighted by Crippen LogP contribution is 2.33. The van der Waals surface area contributed by atoms with E-state index in [4.69, 9.17) is 0 Å². The standard InChI is InChI=1S/C12H21N3/c1-9-3-5-10(6-4-9)12-14-8-11(15-12)7-13-2/h8-10,13H,3-7H2,1-2H3,(H,14,15). The van der Waals surface area contributed by atoms with Crippen LogP contribution in [0.25, 0.3) is 0 Å². The lowest BCUT2D eigenvalue weighted by Gasteiger charge is -2.24. The molecule has 1 fully saturated rings. The molecular weight excluding hydrogens is 186 g/mol. The molecule has 2 N–H and O–H groups in total. The monoisotopic (exact) mass is 207 g/mol. The molecule has 1 aliphatic carbocycles. The second-order valence-electron chi connectivity index (χ2n) is 4.78. The second kappa shape index (κ2) is 4.79. The number of nitrogens with zero attached hydrogens (tertiary/aromatic N) is 1. The summed E-state index contributed by atoms with van der Waals surface area (Å²) in [5.74, 6) is 2.78. The van der Waals surface area contributed by atoms with E-state index in [1.54, 1.807) is 0 Å². The highest BCUT2D eigenvalue weighted by atomic mass is 15.0. The predicted octanol–water partition coefficient (Wildman–Crippen LogP) is 2.42. The molecule has 1 saturated carbocycles. The van der Waals surface area contributed by atoms with Crippen molar-refractivity contribution in [3.63, 3.8) is 0 Å². The summed E-state index contributed by atoms with van der Waals surface area (Å²) in [7, 11) is 1.96. The molecule has 0 amide bonds. The Balaban J connectivity index is 1.96. The third kappa shape index (κ3) is 2.59. The zero-order chi connectivity index (χ0) is 10.7. The van der Waals surface area contributed by atoms with Gasteiger partial charge in [-0.2, -0.15) is 0 Å². The minimum absolute atomic E-state index is 0.673. The van der Waals surface area contributed by atoms with Crippen LogP contribution in [0.4, 0.5) is 0 Å². The van der Waals surface area contributed by atoms with Crippen LogP contribution in [0.15, 0.2) is 6.20 Å². The van der Waals surface area contributed by atoms with E-state index >= 15 is 0 Å². The maximum atomic E-state index is 4.49. The van der Waals surface area contributed by atoms with Gasteiger partial charge in [0.1, 0.15) is 5.82 Å². The van der Waals surface area contributed by atoms with Crippen LogP contribution in [0.1, 0.15) is 50.0 Å². The van der Waals surface area contributed by atoms with Gasteiger partial charge in [-0.25, -0.2) is 4.98 Å². The van der Waals surface area contributed by atoms with Crippen molar-refractivity contribution in [2.75, 3.05) is 7.05 Å². The molecule has 0 bridgehead atoms. The molecule has 1 aromatic rings. The molecule has 1 aromatic heterocycles. The van der Waals surface area contributed by atoms with E-state index in [1.165, 1.54) is 37.2 Å². The van der Waals surface area contributed by atoms with Crippen molar-refractivity contribution in [3.8, 4) is 0 Å². The molecule has 0 aliphatic heterocycles. The maximum absolute atomic E-state index is 4.49. The topological polar surface area (TPSA) is 40.7 Å². The van der Waals surface area contributed by atoms with E-state index in [-0.39, 0.29) is 0 Å². The van der Waals surface area contributed by atoms with Gasteiger partial charge in [-0.05, 0) is 25.8 Å². The van der Waals surface area contributed by atoms with Crippen LogP contribution in [-0.2, 0) is 6.54 Å². The smallest absolute Gasteiger partial charge is 0.109 e. The summed E-state index contributed by atoms with van der Waals surface area (Å²) in [5, 5.41) is 3.14. The Hall–Kier alpha value is -0.830. The Kier molecular flexibility index (Phi) is 3.41. The summed E-state index contributed by atoms with van der Waals surface area (Å²) in [5.41, 5.74) is 1.20. The molecule has 0 aromatic carbocycles. The highest BCUT2D eigenvalue weighted by Gasteiger charge is 2.21. The summed E-state index contributed by atoms with van der Waals surface area (Å²) in [4.78, 5) is 7.91. The Morgan fingerprint density at radius 1 is 1.40 bits per heavy atom. The van der Waals surface area contributed by atoms with Crippen LogP contribution in [0, 0.1) is 5.92 Å². The van der Waals surface area contributed by atoms with E-state index in [9.17, 15) is 0 Å². The third-order valence-electron chi connectivity index (χ3n) is 3.42. The Morgan fingerprint density at radius 3 is 2.80 bits per heavy atom. The number of aromatic amines is 1. The van der Waals surface area contributed by atoms with Crippen molar-refractivity contribution in [2.45, 2.75) is 45.1 Å². The van der Waals surface area contributed by atoms with E-state index < -0.39 is 0 Å². The molecule has 0 spiro atoms. The summed E-state index contributed by atoms with van der Waals surface area (Å²) < 4.78 is 0. The lowest BCUT2D eigenvalue weighted by Crippen LogP contribution is -2.12. The van der Waals surface area contributed by atoms with Crippen molar-refractivity contribution in [1.82, 2.24) is 15.3 Å². The minimum Gasteiger partial charge on any atom is -0.345 e. The average Bonchev–Trinajstić information content (AvgIpc) is 2.68. The van der Waals surface area contributed by atoms with Crippen molar-refractivity contribution in [1.29, 1.82) is 0 Å². The number of imidazole rings is 1. The predicted molar refractivity (Wildman–Crippen MR) is 61.7 cm³/mol. The largest absolute Gasteiger partial charge is 0.345 e. The first-order valence-electron chi connectivity index (χ1n) is 5.98. The van der Waals surface area contributed by atoms with Crippen LogP contribution in [0.2, 0.25) is 0 Å². The number of H-pyrrole nitrogens is 1. The Labute approximate surface area is 91.7 Å². The van der Waals surface area contributed by atoms with Gasteiger partial charge in [-0.3, -0.25) is 0 Å². The van der Waals surface area contributed by atoms with Gasteiger partial charge < -0.3 is 10.3 Å². The van der Waals surface area contributed by atoms with Gasteiger partial charge in [0.2, 0.25) is 0 Å². The van der Waals surface area contributed by atoms with E-state index in [0.717, 1.165) is 12.5 Å². The Bertz CT molecular complexity index is 298. The fourth-order valence-corrected chi connectivity index (χ4v) is 2.40. The van der Waals surface area contributed by atoms with Gasteiger partial charge in [0.25, 0.3) is 0 Å². The number of nitrogens with one attached hydrogen (secondary N) is 2.